The zero-order valence-electron chi connectivity index (χ0n) is 13.4. The highest BCUT2D eigenvalue weighted by Gasteiger charge is 2.17. The molecule has 0 aliphatic rings. The third kappa shape index (κ3) is 2.81. The highest BCUT2D eigenvalue weighted by Crippen LogP contribution is 2.33. The Labute approximate surface area is 156 Å². The van der Waals surface area contributed by atoms with Gasteiger partial charge in [0.2, 0.25) is 0 Å². The summed E-state index contributed by atoms with van der Waals surface area (Å²) in [7, 11) is 1.29. The van der Waals surface area contributed by atoms with Gasteiger partial charge in [-0.05, 0) is 24.3 Å². The number of methoxy groups -OCH3 is 1. The van der Waals surface area contributed by atoms with Gasteiger partial charge in [-0.1, -0.05) is 41.1 Å². The summed E-state index contributed by atoms with van der Waals surface area (Å²) < 4.78 is 10.9. The Morgan fingerprint density at radius 2 is 2.04 bits per heavy atom. The van der Waals surface area contributed by atoms with E-state index in [1.54, 1.807) is 42.5 Å². The minimum atomic E-state index is -0.531. The van der Waals surface area contributed by atoms with Gasteiger partial charge in [0.15, 0.2) is 0 Å². The molecule has 0 aliphatic heterocycles. The Morgan fingerprint density at radius 3 is 2.81 bits per heavy atom. The fraction of sp³-hybridized carbons (Fsp3) is 0.0556. The number of ether oxygens (including phenoxy) is 2. The SMILES string of the molecule is COC(=O)c1cccc2c1[nH]c(=O)c1sc(Oc3cccc(Cl)c3)nc12. The number of nitrogens with one attached hydrogen (secondary N) is 1. The summed E-state index contributed by atoms with van der Waals surface area (Å²) >= 11 is 7.08. The summed E-state index contributed by atoms with van der Waals surface area (Å²) in [5, 5.41) is 1.48. The molecule has 0 radical (unpaired) electrons. The van der Waals surface area contributed by atoms with Crippen molar-refractivity contribution in [3.8, 4) is 10.9 Å². The predicted octanol–water partition coefficient (Wildman–Crippen LogP) is 4.37. The number of hydrogen-bond donors (Lipinski definition) is 1. The number of nitrogens with zero attached hydrogens (tertiary/aromatic N) is 1. The number of hydrogen-bond acceptors (Lipinski definition) is 6. The van der Waals surface area contributed by atoms with Crippen molar-refractivity contribution in [1.82, 2.24) is 9.97 Å². The molecule has 0 fully saturated rings. The molecule has 6 nitrogen and oxygen atoms in total. The Morgan fingerprint density at radius 1 is 1.23 bits per heavy atom. The average Bonchev–Trinajstić information content (AvgIpc) is 3.05. The van der Waals surface area contributed by atoms with E-state index in [9.17, 15) is 9.59 Å². The van der Waals surface area contributed by atoms with E-state index in [2.05, 4.69) is 9.97 Å². The van der Waals surface area contributed by atoms with Gasteiger partial charge in [-0.3, -0.25) is 4.79 Å². The van der Waals surface area contributed by atoms with Crippen LogP contribution in [0.4, 0.5) is 0 Å². The average molecular weight is 387 g/mol. The fourth-order valence-electron chi connectivity index (χ4n) is 2.65. The molecule has 2 aromatic heterocycles. The van der Waals surface area contributed by atoms with Gasteiger partial charge in [0.1, 0.15) is 16.0 Å². The second kappa shape index (κ2) is 6.44. The third-order valence-electron chi connectivity index (χ3n) is 3.78. The van der Waals surface area contributed by atoms with Crippen LogP contribution in [0, 0.1) is 0 Å². The standard InChI is InChI=1S/C18H11ClN2O4S/c1-24-17(23)12-7-3-6-11-13(12)20-16(22)15-14(11)21-18(26-15)25-10-5-2-4-9(19)8-10/h2-8H,1H3,(H,20,22). The summed E-state index contributed by atoms with van der Waals surface area (Å²) in [4.78, 5) is 31.6. The number of aromatic amines is 1. The number of fused-ring (bicyclic) bond motifs is 3. The second-order valence-electron chi connectivity index (χ2n) is 5.39. The number of carbonyl (C=O) groups is 1. The number of carbonyl (C=O) groups excluding carboxylic acids is 1. The first-order valence-corrected chi connectivity index (χ1v) is 8.73. The van der Waals surface area contributed by atoms with Gasteiger partial charge in [0.05, 0.1) is 18.2 Å². The highest BCUT2D eigenvalue weighted by molar-refractivity contribution is 7.20. The molecular formula is C18H11ClN2O4S. The number of aromatic nitrogens is 2. The van der Waals surface area contributed by atoms with Crippen molar-refractivity contribution in [2.45, 2.75) is 0 Å². The molecule has 0 amide bonds. The number of H-pyrrole nitrogens is 1. The van der Waals surface area contributed by atoms with Gasteiger partial charge in [0.25, 0.3) is 10.8 Å². The molecule has 0 spiro atoms. The van der Waals surface area contributed by atoms with Gasteiger partial charge in [-0.15, -0.1) is 0 Å². The van der Waals surface area contributed by atoms with E-state index in [4.69, 9.17) is 21.1 Å². The molecule has 0 bridgehead atoms. The number of benzene rings is 2. The maximum atomic E-state index is 12.5. The van der Waals surface area contributed by atoms with E-state index < -0.39 is 5.97 Å². The number of esters is 1. The lowest BCUT2D eigenvalue weighted by molar-refractivity contribution is 0.0603. The van der Waals surface area contributed by atoms with Crippen molar-refractivity contribution in [3.05, 3.63) is 63.4 Å². The third-order valence-corrected chi connectivity index (χ3v) is 4.95. The summed E-state index contributed by atoms with van der Waals surface area (Å²) in [6, 6.07) is 12.0. The first-order chi connectivity index (χ1) is 12.6. The van der Waals surface area contributed by atoms with Crippen molar-refractivity contribution in [2.24, 2.45) is 0 Å². The Bertz CT molecular complexity index is 1210. The van der Waals surface area contributed by atoms with Crippen LogP contribution < -0.4 is 10.3 Å². The summed E-state index contributed by atoms with van der Waals surface area (Å²) in [5.41, 5.74) is 0.782. The quantitative estimate of drug-likeness (QED) is 0.529. The van der Waals surface area contributed by atoms with Crippen molar-refractivity contribution in [2.75, 3.05) is 7.11 Å². The van der Waals surface area contributed by atoms with Gasteiger partial charge in [-0.2, -0.15) is 0 Å². The molecular weight excluding hydrogens is 376 g/mol. The zero-order chi connectivity index (χ0) is 18.3. The van der Waals surface area contributed by atoms with Crippen LogP contribution in [0.3, 0.4) is 0 Å². The van der Waals surface area contributed by atoms with E-state index in [0.29, 0.717) is 37.1 Å². The number of halogens is 1. The minimum Gasteiger partial charge on any atom is -0.465 e. The van der Waals surface area contributed by atoms with E-state index in [-0.39, 0.29) is 11.1 Å². The molecule has 8 heteroatoms. The molecule has 26 heavy (non-hydrogen) atoms. The van der Waals surface area contributed by atoms with Gasteiger partial charge >= 0.3 is 5.97 Å². The molecule has 0 saturated carbocycles. The molecule has 0 atom stereocenters. The Balaban J connectivity index is 1.90. The molecule has 4 rings (SSSR count). The monoisotopic (exact) mass is 386 g/mol. The molecule has 0 unspecified atom stereocenters. The first-order valence-electron chi connectivity index (χ1n) is 7.54. The van der Waals surface area contributed by atoms with E-state index in [0.717, 1.165) is 11.3 Å². The van der Waals surface area contributed by atoms with Crippen molar-refractivity contribution in [1.29, 1.82) is 0 Å². The molecule has 2 heterocycles. The van der Waals surface area contributed by atoms with Gasteiger partial charge in [-0.25, -0.2) is 9.78 Å². The molecule has 2 aromatic carbocycles. The van der Waals surface area contributed by atoms with Crippen LogP contribution >= 0.6 is 22.9 Å². The lowest BCUT2D eigenvalue weighted by Gasteiger charge is -2.04. The van der Waals surface area contributed by atoms with Crippen molar-refractivity contribution < 1.29 is 14.3 Å². The topological polar surface area (TPSA) is 81.3 Å². The Kier molecular flexibility index (Phi) is 4.10. The van der Waals surface area contributed by atoms with E-state index in [1.807, 2.05) is 0 Å². The highest BCUT2D eigenvalue weighted by atomic mass is 35.5. The van der Waals surface area contributed by atoms with E-state index in [1.165, 1.54) is 7.11 Å². The predicted molar refractivity (Wildman–Crippen MR) is 101 cm³/mol. The summed E-state index contributed by atoms with van der Waals surface area (Å²) in [6.07, 6.45) is 0. The van der Waals surface area contributed by atoms with Crippen LogP contribution in [-0.2, 0) is 4.74 Å². The maximum Gasteiger partial charge on any atom is 0.339 e. The Hall–Kier alpha value is -2.90. The number of rotatable bonds is 3. The number of thiazole rings is 1. The fourth-order valence-corrected chi connectivity index (χ4v) is 3.67. The number of para-hydroxylation sites is 1. The second-order valence-corrected chi connectivity index (χ2v) is 6.79. The maximum absolute atomic E-state index is 12.5. The van der Waals surface area contributed by atoms with Crippen LogP contribution in [0.15, 0.2) is 47.3 Å². The van der Waals surface area contributed by atoms with Crippen molar-refractivity contribution in [3.63, 3.8) is 0 Å². The molecule has 0 saturated heterocycles. The van der Waals surface area contributed by atoms with Gasteiger partial charge < -0.3 is 14.5 Å². The smallest absolute Gasteiger partial charge is 0.339 e. The summed E-state index contributed by atoms with van der Waals surface area (Å²) in [6.45, 7) is 0. The minimum absolute atomic E-state index is 0.273. The molecule has 4 aromatic rings. The van der Waals surface area contributed by atoms with Gasteiger partial charge in [0, 0.05) is 10.4 Å². The van der Waals surface area contributed by atoms with Crippen LogP contribution in [0.1, 0.15) is 10.4 Å². The molecule has 0 aliphatic carbocycles. The summed E-state index contributed by atoms with van der Waals surface area (Å²) in [5.74, 6) is -0.0104. The number of pyridine rings is 1. The van der Waals surface area contributed by atoms with Crippen LogP contribution in [0.25, 0.3) is 21.1 Å². The van der Waals surface area contributed by atoms with Crippen LogP contribution in [0.5, 0.6) is 10.9 Å². The normalized spacial score (nSPS) is 11.0. The van der Waals surface area contributed by atoms with Crippen molar-refractivity contribution >= 4 is 50.0 Å². The molecule has 130 valence electrons. The first kappa shape index (κ1) is 16.6. The zero-order valence-corrected chi connectivity index (χ0v) is 15.0. The largest absolute Gasteiger partial charge is 0.465 e. The van der Waals surface area contributed by atoms with Crippen LogP contribution in [0.2, 0.25) is 5.02 Å². The van der Waals surface area contributed by atoms with E-state index >= 15 is 0 Å². The van der Waals surface area contributed by atoms with Crippen LogP contribution in [-0.4, -0.2) is 23.0 Å². The lowest BCUT2D eigenvalue weighted by Crippen LogP contribution is -2.09. The lowest BCUT2D eigenvalue weighted by atomic mass is 10.1. The molecule has 1 N–H and O–H groups in total.